The number of nitrogens with zero attached hydrogens (tertiary/aromatic N) is 2. The Kier molecular flexibility index (Phi) is 9.58. The molecule has 8 heteroatoms. The fourth-order valence-corrected chi connectivity index (χ4v) is 2.79. The fraction of sp³-hybridized carbons (Fsp3) is 0.412. The van der Waals surface area contributed by atoms with E-state index in [1.807, 2.05) is 43.6 Å². The molecule has 138 valence electrons. The van der Waals surface area contributed by atoms with E-state index in [-0.39, 0.29) is 30.1 Å². The third-order valence-electron chi connectivity index (χ3n) is 3.42. The highest BCUT2D eigenvalue weighted by molar-refractivity contribution is 14.0. The zero-order valence-electron chi connectivity index (χ0n) is 14.9. The molecule has 0 aliphatic heterocycles. The molecule has 2 N–H and O–H groups in total. The van der Waals surface area contributed by atoms with Gasteiger partial charge < -0.3 is 20.1 Å². The van der Waals surface area contributed by atoms with E-state index in [1.54, 1.807) is 25.5 Å². The Labute approximate surface area is 170 Å². The van der Waals surface area contributed by atoms with Gasteiger partial charge in [-0.3, -0.25) is 4.99 Å². The minimum Gasteiger partial charge on any atom is -0.497 e. The summed E-state index contributed by atoms with van der Waals surface area (Å²) in [6.07, 6.45) is -0.0132. The molecule has 0 aliphatic rings. The zero-order valence-corrected chi connectivity index (χ0v) is 18.1. The number of ether oxygens (including phenoxy) is 2. The predicted octanol–water partition coefficient (Wildman–Crippen LogP) is 3.21. The lowest BCUT2D eigenvalue weighted by molar-refractivity contribution is 0.223. The van der Waals surface area contributed by atoms with Crippen molar-refractivity contribution in [3.05, 3.63) is 40.3 Å². The number of methoxy groups -OCH3 is 1. The quantitative estimate of drug-likeness (QED) is 0.365. The molecule has 0 bridgehead atoms. The van der Waals surface area contributed by atoms with Crippen LogP contribution >= 0.6 is 35.3 Å². The van der Waals surface area contributed by atoms with E-state index in [2.05, 4.69) is 20.6 Å². The molecule has 6 nitrogen and oxygen atoms in total. The number of nitrogens with one attached hydrogen (secondary N) is 2. The van der Waals surface area contributed by atoms with Crippen molar-refractivity contribution in [1.29, 1.82) is 0 Å². The monoisotopic (exact) mass is 476 g/mol. The van der Waals surface area contributed by atoms with Crippen molar-refractivity contribution in [2.75, 3.05) is 20.7 Å². The maximum atomic E-state index is 5.89. The van der Waals surface area contributed by atoms with Crippen LogP contribution in [0.4, 0.5) is 0 Å². The average Bonchev–Trinajstić information content (AvgIpc) is 3.00. The average molecular weight is 476 g/mol. The van der Waals surface area contributed by atoms with Crippen LogP contribution in [0, 0.1) is 6.92 Å². The second-order valence-electron chi connectivity index (χ2n) is 5.28. The molecule has 1 heterocycles. The molecule has 0 saturated carbocycles. The van der Waals surface area contributed by atoms with Gasteiger partial charge in [-0.15, -0.1) is 35.3 Å². The zero-order chi connectivity index (χ0) is 17.4. The number of aliphatic imine (C=N–C) groups is 1. The summed E-state index contributed by atoms with van der Waals surface area (Å²) in [6, 6.07) is 7.59. The van der Waals surface area contributed by atoms with Crippen molar-refractivity contribution in [2.24, 2.45) is 4.99 Å². The van der Waals surface area contributed by atoms with Crippen LogP contribution in [-0.4, -0.2) is 37.7 Å². The predicted molar refractivity (Wildman–Crippen MR) is 114 cm³/mol. The SMILES string of the molecule is CN=C(NCc1scnc1C)NCC(C)Oc1cccc(OC)c1.I. The Morgan fingerprint density at radius 3 is 2.72 bits per heavy atom. The Balaban J connectivity index is 0.00000312. The van der Waals surface area contributed by atoms with Gasteiger partial charge >= 0.3 is 0 Å². The van der Waals surface area contributed by atoms with Crippen LogP contribution in [-0.2, 0) is 6.54 Å². The topological polar surface area (TPSA) is 67.8 Å². The molecule has 1 unspecified atom stereocenters. The van der Waals surface area contributed by atoms with E-state index in [9.17, 15) is 0 Å². The molecule has 0 saturated heterocycles. The summed E-state index contributed by atoms with van der Waals surface area (Å²) < 4.78 is 11.1. The molecule has 0 fully saturated rings. The standard InChI is InChI=1S/C17H24N4O2S.HI/c1-12(23-15-7-5-6-14(8-15)22-4)9-19-17(18-3)20-10-16-13(2)21-11-24-16;/h5-8,11-12H,9-10H2,1-4H3,(H2,18,19,20);1H. The molecule has 0 aliphatic carbocycles. The van der Waals surface area contributed by atoms with Crippen molar-refractivity contribution >= 4 is 41.3 Å². The van der Waals surface area contributed by atoms with Crippen molar-refractivity contribution in [1.82, 2.24) is 15.6 Å². The van der Waals surface area contributed by atoms with Gasteiger partial charge in [-0.1, -0.05) is 6.07 Å². The largest absolute Gasteiger partial charge is 0.497 e. The molecule has 0 spiro atoms. The summed E-state index contributed by atoms with van der Waals surface area (Å²) in [7, 11) is 3.40. The number of hydrogen-bond donors (Lipinski definition) is 2. The summed E-state index contributed by atoms with van der Waals surface area (Å²) in [6.45, 7) is 5.36. The molecule has 0 amide bonds. The minimum absolute atomic E-state index is 0. The summed E-state index contributed by atoms with van der Waals surface area (Å²) >= 11 is 1.64. The lowest BCUT2D eigenvalue weighted by Crippen LogP contribution is -2.41. The van der Waals surface area contributed by atoms with Crippen LogP contribution in [0.2, 0.25) is 0 Å². The summed E-state index contributed by atoms with van der Waals surface area (Å²) in [5.74, 6) is 2.31. The number of hydrogen-bond acceptors (Lipinski definition) is 5. The van der Waals surface area contributed by atoms with Crippen molar-refractivity contribution < 1.29 is 9.47 Å². The van der Waals surface area contributed by atoms with Gasteiger partial charge in [0.2, 0.25) is 0 Å². The Hall–Kier alpha value is -1.55. The summed E-state index contributed by atoms with van der Waals surface area (Å²) in [5, 5.41) is 6.55. The molecule has 2 aromatic rings. The van der Waals surface area contributed by atoms with E-state index in [4.69, 9.17) is 9.47 Å². The van der Waals surface area contributed by atoms with Gasteiger partial charge in [0.15, 0.2) is 5.96 Å². The molecular weight excluding hydrogens is 451 g/mol. The second kappa shape index (κ2) is 11.1. The van der Waals surface area contributed by atoms with Crippen LogP contribution in [0.1, 0.15) is 17.5 Å². The minimum atomic E-state index is -0.0132. The first-order chi connectivity index (χ1) is 11.6. The maximum absolute atomic E-state index is 5.89. The number of thiazole rings is 1. The van der Waals surface area contributed by atoms with Crippen LogP contribution < -0.4 is 20.1 Å². The Morgan fingerprint density at radius 1 is 1.32 bits per heavy atom. The van der Waals surface area contributed by atoms with E-state index < -0.39 is 0 Å². The first kappa shape index (κ1) is 21.5. The number of rotatable bonds is 7. The fourth-order valence-electron chi connectivity index (χ4n) is 2.07. The molecule has 2 rings (SSSR count). The van der Waals surface area contributed by atoms with Crippen molar-refractivity contribution in [3.8, 4) is 11.5 Å². The maximum Gasteiger partial charge on any atom is 0.191 e. The van der Waals surface area contributed by atoms with E-state index in [0.29, 0.717) is 13.1 Å². The van der Waals surface area contributed by atoms with Gasteiger partial charge in [-0.05, 0) is 26.0 Å². The van der Waals surface area contributed by atoms with Crippen LogP contribution in [0.3, 0.4) is 0 Å². The Bertz CT molecular complexity index is 678. The van der Waals surface area contributed by atoms with E-state index in [1.165, 1.54) is 4.88 Å². The number of halogens is 1. The van der Waals surface area contributed by atoms with E-state index >= 15 is 0 Å². The molecule has 1 aromatic heterocycles. The van der Waals surface area contributed by atoms with Crippen LogP contribution in [0.5, 0.6) is 11.5 Å². The van der Waals surface area contributed by atoms with Crippen LogP contribution in [0.15, 0.2) is 34.8 Å². The highest BCUT2D eigenvalue weighted by atomic mass is 127. The Morgan fingerprint density at radius 2 is 2.08 bits per heavy atom. The van der Waals surface area contributed by atoms with E-state index in [0.717, 1.165) is 23.2 Å². The van der Waals surface area contributed by atoms with Gasteiger partial charge in [0.05, 0.1) is 31.4 Å². The third kappa shape index (κ3) is 7.07. The lowest BCUT2D eigenvalue weighted by Gasteiger charge is -2.18. The van der Waals surface area contributed by atoms with Gasteiger partial charge in [-0.2, -0.15) is 0 Å². The van der Waals surface area contributed by atoms with Gasteiger partial charge in [0.1, 0.15) is 17.6 Å². The molecular formula is C17H25IN4O2S. The highest BCUT2D eigenvalue weighted by Gasteiger charge is 2.07. The number of guanidine groups is 1. The molecule has 25 heavy (non-hydrogen) atoms. The molecule has 1 aromatic carbocycles. The third-order valence-corrected chi connectivity index (χ3v) is 4.36. The summed E-state index contributed by atoms with van der Waals surface area (Å²) in [4.78, 5) is 9.68. The number of aromatic nitrogens is 1. The second-order valence-corrected chi connectivity index (χ2v) is 6.21. The smallest absolute Gasteiger partial charge is 0.191 e. The van der Waals surface area contributed by atoms with Gasteiger partial charge in [0.25, 0.3) is 0 Å². The van der Waals surface area contributed by atoms with Crippen LogP contribution in [0.25, 0.3) is 0 Å². The molecule has 1 atom stereocenters. The summed E-state index contributed by atoms with van der Waals surface area (Å²) in [5.41, 5.74) is 2.91. The lowest BCUT2D eigenvalue weighted by atomic mass is 10.3. The first-order valence-corrected chi connectivity index (χ1v) is 8.64. The van der Waals surface area contributed by atoms with Gasteiger partial charge in [0, 0.05) is 18.0 Å². The highest BCUT2D eigenvalue weighted by Crippen LogP contribution is 2.19. The first-order valence-electron chi connectivity index (χ1n) is 7.76. The number of benzene rings is 1. The normalized spacial score (nSPS) is 12.1. The molecule has 0 radical (unpaired) electrons. The van der Waals surface area contributed by atoms with Crippen molar-refractivity contribution in [3.63, 3.8) is 0 Å². The van der Waals surface area contributed by atoms with Gasteiger partial charge in [-0.25, -0.2) is 4.98 Å². The van der Waals surface area contributed by atoms with Crippen molar-refractivity contribution in [2.45, 2.75) is 26.5 Å². The number of aryl methyl sites for hydroxylation is 1.